The summed E-state index contributed by atoms with van der Waals surface area (Å²) in [5, 5.41) is 0. The quantitative estimate of drug-likeness (QED) is 0.630. The van der Waals surface area contributed by atoms with Crippen LogP contribution in [0.4, 0.5) is 0 Å². The monoisotopic (exact) mass is 164 g/mol. The van der Waals surface area contributed by atoms with Gasteiger partial charge in [-0.2, -0.15) is 11.8 Å². The first-order valence-corrected chi connectivity index (χ1v) is 5.60. The van der Waals surface area contributed by atoms with E-state index in [1.165, 1.54) is 17.9 Å². The molecule has 1 aliphatic heterocycles. The van der Waals surface area contributed by atoms with Crippen LogP contribution in [0.15, 0.2) is 0 Å². The van der Waals surface area contributed by atoms with Gasteiger partial charge in [-0.3, -0.25) is 0 Å². The highest BCUT2D eigenvalue weighted by molar-refractivity contribution is 8.00. The van der Waals surface area contributed by atoms with Crippen molar-refractivity contribution >= 4 is 23.5 Å². The Morgan fingerprint density at radius 2 is 2.67 bits per heavy atom. The standard InChI is InChI=1S/C6H12OS2/c1-8-4-2-6-7-3-5-9-6/h6H,2-5H2,1H3. The van der Waals surface area contributed by atoms with Crippen molar-refractivity contribution in [1.82, 2.24) is 0 Å². The molecule has 1 heterocycles. The van der Waals surface area contributed by atoms with Crippen molar-refractivity contribution in [2.45, 2.75) is 11.9 Å². The van der Waals surface area contributed by atoms with E-state index < -0.39 is 0 Å². The van der Waals surface area contributed by atoms with Crippen LogP contribution in [0.25, 0.3) is 0 Å². The number of thioether (sulfide) groups is 2. The molecule has 1 nitrogen and oxygen atoms in total. The Labute approximate surface area is 64.9 Å². The first kappa shape index (κ1) is 7.76. The van der Waals surface area contributed by atoms with Crippen LogP contribution >= 0.6 is 23.5 Å². The predicted molar refractivity (Wildman–Crippen MR) is 45.2 cm³/mol. The third kappa shape index (κ3) is 2.83. The van der Waals surface area contributed by atoms with Gasteiger partial charge >= 0.3 is 0 Å². The van der Waals surface area contributed by atoms with Crippen LogP contribution in [0.2, 0.25) is 0 Å². The minimum Gasteiger partial charge on any atom is -0.367 e. The van der Waals surface area contributed by atoms with E-state index >= 15 is 0 Å². The highest BCUT2D eigenvalue weighted by Gasteiger charge is 2.14. The molecule has 0 aliphatic carbocycles. The molecule has 54 valence electrons. The number of ether oxygens (including phenoxy) is 1. The van der Waals surface area contributed by atoms with Crippen LogP contribution in [0.1, 0.15) is 6.42 Å². The van der Waals surface area contributed by atoms with Crippen molar-refractivity contribution in [2.24, 2.45) is 0 Å². The van der Waals surface area contributed by atoms with Crippen molar-refractivity contribution in [2.75, 3.05) is 24.4 Å². The van der Waals surface area contributed by atoms with E-state index in [0.717, 1.165) is 6.61 Å². The summed E-state index contributed by atoms with van der Waals surface area (Å²) in [6.07, 6.45) is 3.35. The van der Waals surface area contributed by atoms with Crippen molar-refractivity contribution < 1.29 is 4.74 Å². The fraction of sp³-hybridized carbons (Fsp3) is 1.00. The van der Waals surface area contributed by atoms with E-state index in [1.54, 1.807) is 0 Å². The molecule has 1 unspecified atom stereocenters. The van der Waals surface area contributed by atoms with E-state index in [9.17, 15) is 0 Å². The zero-order valence-electron chi connectivity index (χ0n) is 5.63. The van der Waals surface area contributed by atoms with Gasteiger partial charge in [0.25, 0.3) is 0 Å². The molecular weight excluding hydrogens is 152 g/mol. The molecule has 0 saturated carbocycles. The van der Waals surface area contributed by atoms with E-state index in [-0.39, 0.29) is 0 Å². The van der Waals surface area contributed by atoms with Gasteiger partial charge in [-0.1, -0.05) is 0 Å². The van der Waals surface area contributed by atoms with Gasteiger partial charge in [-0.05, 0) is 18.4 Å². The molecule has 0 amide bonds. The molecule has 1 fully saturated rings. The topological polar surface area (TPSA) is 9.23 Å². The molecule has 1 atom stereocenters. The Bertz CT molecular complexity index is 71.5. The summed E-state index contributed by atoms with van der Waals surface area (Å²) in [6, 6.07) is 0. The molecule has 0 aromatic heterocycles. The van der Waals surface area contributed by atoms with Gasteiger partial charge in [0.1, 0.15) is 5.44 Å². The zero-order chi connectivity index (χ0) is 6.53. The molecule has 0 radical (unpaired) electrons. The second-order valence-electron chi connectivity index (χ2n) is 1.95. The van der Waals surface area contributed by atoms with E-state index in [2.05, 4.69) is 6.26 Å². The lowest BCUT2D eigenvalue weighted by Crippen LogP contribution is -2.01. The summed E-state index contributed by atoms with van der Waals surface area (Å²) in [5.74, 6) is 2.43. The highest BCUT2D eigenvalue weighted by atomic mass is 32.2. The summed E-state index contributed by atoms with van der Waals surface area (Å²) in [6.45, 7) is 0.962. The van der Waals surface area contributed by atoms with Crippen molar-refractivity contribution in [3.63, 3.8) is 0 Å². The van der Waals surface area contributed by atoms with E-state index in [4.69, 9.17) is 4.74 Å². The van der Waals surface area contributed by atoms with Crippen molar-refractivity contribution in [1.29, 1.82) is 0 Å². The maximum Gasteiger partial charge on any atom is 0.104 e. The number of rotatable bonds is 3. The summed E-state index contributed by atoms with van der Waals surface area (Å²) in [5.41, 5.74) is 0.512. The lowest BCUT2D eigenvalue weighted by Gasteiger charge is -2.05. The summed E-state index contributed by atoms with van der Waals surface area (Å²) in [7, 11) is 0. The zero-order valence-corrected chi connectivity index (χ0v) is 7.26. The van der Waals surface area contributed by atoms with Crippen molar-refractivity contribution in [3.05, 3.63) is 0 Å². The van der Waals surface area contributed by atoms with Crippen molar-refractivity contribution in [3.8, 4) is 0 Å². The van der Waals surface area contributed by atoms with Crippen LogP contribution in [0.5, 0.6) is 0 Å². The molecule has 1 aliphatic rings. The Hall–Kier alpha value is 0.660. The molecule has 0 spiro atoms. The van der Waals surface area contributed by atoms with Crippen LogP contribution in [-0.4, -0.2) is 29.8 Å². The van der Waals surface area contributed by atoms with Gasteiger partial charge in [-0.15, -0.1) is 11.8 Å². The first-order valence-electron chi connectivity index (χ1n) is 3.15. The van der Waals surface area contributed by atoms with E-state index in [0.29, 0.717) is 5.44 Å². The molecule has 0 aromatic carbocycles. The van der Waals surface area contributed by atoms with Gasteiger partial charge in [-0.25, -0.2) is 0 Å². The number of hydrogen-bond acceptors (Lipinski definition) is 3. The van der Waals surface area contributed by atoms with Gasteiger partial charge in [0.15, 0.2) is 0 Å². The molecule has 0 bridgehead atoms. The number of hydrogen-bond donors (Lipinski definition) is 0. The summed E-state index contributed by atoms with van der Waals surface area (Å²) < 4.78 is 5.40. The third-order valence-corrected chi connectivity index (χ3v) is 3.04. The lowest BCUT2D eigenvalue weighted by atomic mass is 10.5. The molecule has 0 aromatic rings. The smallest absolute Gasteiger partial charge is 0.104 e. The molecule has 3 heteroatoms. The molecule has 1 rings (SSSR count). The SMILES string of the molecule is CSCCC1OCCS1. The lowest BCUT2D eigenvalue weighted by molar-refractivity contribution is 0.141. The maximum absolute atomic E-state index is 5.40. The normalized spacial score (nSPS) is 27.0. The van der Waals surface area contributed by atoms with Crippen LogP contribution in [0.3, 0.4) is 0 Å². The average Bonchev–Trinajstić information content (AvgIpc) is 2.34. The Balaban J connectivity index is 1.98. The summed E-state index contributed by atoms with van der Waals surface area (Å²) in [4.78, 5) is 0. The Morgan fingerprint density at radius 3 is 3.22 bits per heavy atom. The molecule has 9 heavy (non-hydrogen) atoms. The van der Waals surface area contributed by atoms with E-state index in [1.807, 2.05) is 23.5 Å². The average molecular weight is 164 g/mol. The minimum atomic E-state index is 0.512. The highest BCUT2D eigenvalue weighted by Crippen LogP contribution is 2.23. The minimum absolute atomic E-state index is 0.512. The second kappa shape index (κ2) is 4.47. The fourth-order valence-corrected chi connectivity index (χ4v) is 2.32. The molecule has 0 N–H and O–H groups in total. The molecular formula is C6H12OS2. The van der Waals surface area contributed by atoms with Gasteiger partial charge in [0.2, 0.25) is 0 Å². The Kier molecular flexibility index (Phi) is 3.86. The first-order chi connectivity index (χ1) is 4.43. The summed E-state index contributed by atoms with van der Waals surface area (Å²) >= 11 is 3.84. The van der Waals surface area contributed by atoms with Gasteiger partial charge < -0.3 is 4.74 Å². The van der Waals surface area contributed by atoms with Gasteiger partial charge in [0.05, 0.1) is 6.61 Å². The maximum atomic E-state index is 5.40. The van der Waals surface area contributed by atoms with Crippen LogP contribution < -0.4 is 0 Å². The second-order valence-corrected chi connectivity index (χ2v) is 4.21. The Morgan fingerprint density at radius 1 is 1.78 bits per heavy atom. The molecule has 1 saturated heterocycles. The predicted octanol–water partition coefficient (Wildman–Crippen LogP) is 1.83. The van der Waals surface area contributed by atoms with Crippen LogP contribution in [0, 0.1) is 0 Å². The fourth-order valence-electron chi connectivity index (χ4n) is 0.788. The van der Waals surface area contributed by atoms with Crippen LogP contribution in [-0.2, 0) is 4.74 Å². The van der Waals surface area contributed by atoms with Gasteiger partial charge in [0, 0.05) is 5.75 Å². The largest absolute Gasteiger partial charge is 0.367 e. The third-order valence-electron chi connectivity index (χ3n) is 1.25.